The van der Waals surface area contributed by atoms with Gasteiger partial charge in [0.1, 0.15) is 5.76 Å². The Kier molecular flexibility index (Phi) is 5.97. The van der Waals surface area contributed by atoms with E-state index in [-0.39, 0.29) is 16.4 Å². The number of hydrogen-bond acceptors (Lipinski definition) is 4. The zero-order chi connectivity index (χ0) is 24.2. The largest absolute Gasteiger partial charge is 0.507 e. The van der Waals surface area contributed by atoms with Crippen molar-refractivity contribution in [2.75, 3.05) is 4.90 Å². The summed E-state index contributed by atoms with van der Waals surface area (Å²) >= 11 is 0. The smallest absolute Gasteiger partial charge is 0.277 e. The molecule has 0 bridgehead atoms. The van der Waals surface area contributed by atoms with Crippen LogP contribution in [0.4, 0.5) is 22.7 Å². The lowest BCUT2D eigenvalue weighted by Gasteiger charge is -2.25. The maximum absolute atomic E-state index is 11.4. The molecule has 0 aliphatic heterocycles. The number of nitro groups is 1. The first-order chi connectivity index (χ1) is 17.1. The molecule has 0 amide bonds. The molecular formula is C30H22N2O3. The molecule has 0 fully saturated rings. The Morgan fingerprint density at radius 3 is 1.80 bits per heavy atom. The molecular weight excluding hydrogens is 436 g/mol. The van der Waals surface area contributed by atoms with Crippen LogP contribution < -0.4 is 4.90 Å². The van der Waals surface area contributed by atoms with E-state index >= 15 is 0 Å². The number of nitro benzene ring substituents is 1. The molecule has 170 valence electrons. The van der Waals surface area contributed by atoms with Crippen molar-refractivity contribution in [1.29, 1.82) is 0 Å². The highest BCUT2D eigenvalue weighted by Gasteiger charge is 2.14. The van der Waals surface area contributed by atoms with E-state index in [2.05, 4.69) is 29.2 Å². The van der Waals surface area contributed by atoms with Gasteiger partial charge in [0, 0.05) is 28.7 Å². The van der Waals surface area contributed by atoms with Gasteiger partial charge in [-0.1, -0.05) is 60.7 Å². The minimum absolute atomic E-state index is 0.0449. The predicted molar refractivity (Wildman–Crippen MR) is 142 cm³/mol. The average Bonchev–Trinajstić information content (AvgIpc) is 2.90. The van der Waals surface area contributed by atoms with Gasteiger partial charge in [0.15, 0.2) is 0 Å². The molecule has 0 aliphatic rings. The predicted octanol–water partition coefficient (Wildman–Crippen LogP) is 8.27. The van der Waals surface area contributed by atoms with Gasteiger partial charge in [-0.15, -0.1) is 0 Å². The Hall–Kier alpha value is -4.90. The SMILES string of the molecule is O=[N+]([O-])c1cccc2c(/C=C(\O)c3ccc(N(c4ccccc4)c4ccccc4)cc3)cccc12. The summed E-state index contributed by atoms with van der Waals surface area (Å²) in [6.45, 7) is 0. The van der Waals surface area contributed by atoms with Crippen LogP contribution in [0.2, 0.25) is 0 Å². The maximum Gasteiger partial charge on any atom is 0.277 e. The normalized spacial score (nSPS) is 11.4. The standard InChI is InChI=1S/C30H22N2O3/c33-30(21-23-9-7-15-28-27(23)14-8-16-29(28)32(34)35)22-17-19-26(20-18-22)31(24-10-3-1-4-11-24)25-12-5-2-6-13-25/h1-21,33H/b30-21-. The highest BCUT2D eigenvalue weighted by Crippen LogP contribution is 2.35. The Morgan fingerprint density at radius 1 is 0.657 bits per heavy atom. The molecule has 0 aliphatic carbocycles. The van der Waals surface area contributed by atoms with Gasteiger partial charge in [0.05, 0.1) is 10.3 Å². The van der Waals surface area contributed by atoms with E-state index in [9.17, 15) is 15.2 Å². The highest BCUT2D eigenvalue weighted by atomic mass is 16.6. The maximum atomic E-state index is 11.4. The molecule has 5 aromatic carbocycles. The fourth-order valence-corrected chi connectivity index (χ4v) is 4.22. The number of fused-ring (bicyclic) bond motifs is 1. The number of aliphatic hydroxyl groups excluding tert-OH is 1. The van der Waals surface area contributed by atoms with Crippen molar-refractivity contribution < 1.29 is 10.0 Å². The van der Waals surface area contributed by atoms with Crippen LogP contribution in [-0.2, 0) is 0 Å². The summed E-state index contributed by atoms with van der Waals surface area (Å²) in [4.78, 5) is 13.2. The molecule has 0 aromatic heterocycles. The van der Waals surface area contributed by atoms with Gasteiger partial charge in [0.25, 0.3) is 5.69 Å². The number of anilines is 3. The monoisotopic (exact) mass is 458 g/mol. The highest BCUT2D eigenvalue weighted by molar-refractivity contribution is 5.98. The van der Waals surface area contributed by atoms with E-state index in [0.29, 0.717) is 21.9 Å². The van der Waals surface area contributed by atoms with Gasteiger partial charge in [-0.05, 0) is 71.6 Å². The molecule has 0 spiro atoms. The summed E-state index contributed by atoms with van der Waals surface area (Å²) in [5.41, 5.74) is 4.43. The lowest BCUT2D eigenvalue weighted by molar-refractivity contribution is -0.383. The molecule has 35 heavy (non-hydrogen) atoms. The number of para-hydroxylation sites is 2. The minimum atomic E-state index is -0.389. The molecule has 0 unspecified atom stereocenters. The van der Waals surface area contributed by atoms with Crippen molar-refractivity contribution in [3.8, 4) is 0 Å². The molecule has 5 aromatic rings. The average molecular weight is 459 g/mol. The molecule has 0 saturated heterocycles. The van der Waals surface area contributed by atoms with Crippen LogP contribution >= 0.6 is 0 Å². The third kappa shape index (κ3) is 4.48. The summed E-state index contributed by atoms with van der Waals surface area (Å²) in [6.07, 6.45) is 1.65. The molecule has 0 saturated carbocycles. The Morgan fingerprint density at radius 2 is 1.20 bits per heavy atom. The number of aliphatic hydroxyl groups is 1. The van der Waals surface area contributed by atoms with Gasteiger partial charge < -0.3 is 10.0 Å². The summed E-state index contributed by atoms with van der Waals surface area (Å²) in [7, 11) is 0. The van der Waals surface area contributed by atoms with Crippen molar-refractivity contribution in [3.63, 3.8) is 0 Å². The van der Waals surface area contributed by atoms with Gasteiger partial charge >= 0.3 is 0 Å². The fourth-order valence-electron chi connectivity index (χ4n) is 4.22. The van der Waals surface area contributed by atoms with Crippen molar-refractivity contribution in [3.05, 3.63) is 143 Å². The van der Waals surface area contributed by atoms with E-state index in [1.165, 1.54) is 6.07 Å². The van der Waals surface area contributed by atoms with Crippen LogP contribution in [0.25, 0.3) is 22.6 Å². The Balaban J connectivity index is 1.51. The zero-order valence-electron chi connectivity index (χ0n) is 18.8. The molecule has 0 atom stereocenters. The van der Waals surface area contributed by atoms with Gasteiger partial charge in [-0.3, -0.25) is 10.1 Å². The minimum Gasteiger partial charge on any atom is -0.507 e. The van der Waals surface area contributed by atoms with E-state index in [0.717, 1.165) is 17.1 Å². The zero-order valence-corrected chi connectivity index (χ0v) is 18.8. The lowest BCUT2D eigenvalue weighted by atomic mass is 10.0. The third-order valence-corrected chi connectivity index (χ3v) is 5.87. The van der Waals surface area contributed by atoms with Crippen molar-refractivity contribution in [1.82, 2.24) is 0 Å². The first-order valence-electron chi connectivity index (χ1n) is 11.2. The fraction of sp³-hybridized carbons (Fsp3) is 0. The van der Waals surface area contributed by atoms with Crippen LogP contribution in [0.5, 0.6) is 0 Å². The van der Waals surface area contributed by atoms with Gasteiger partial charge in [-0.2, -0.15) is 0 Å². The summed E-state index contributed by atoms with van der Waals surface area (Å²) < 4.78 is 0. The quantitative estimate of drug-likeness (QED) is 0.120. The van der Waals surface area contributed by atoms with Crippen molar-refractivity contribution in [2.24, 2.45) is 0 Å². The van der Waals surface area contributed by atoms with E-state index in [4.69, 9.17) is 0 Å². The number of benzene rings is 5. The van der Waals surface area contributed by atoms with E-state index in [1.807, 2.05) is 72.8 Å². The Bertz CT molecular complexity index is 1470. The lowest BCUT2D eigenvalue weighted by Crippen LogP contribution is -2.09. The molecule has 5 rings (SSSR count). The second-order valence-electron chi connectivity index (χ2n) is 8.06. The number of hydrogen-bond donors (Lipinski definition) is 1. The summed E-state index contributed by atoms with van der Waals surface area (Å²) in [6, 6.07) is 38.1. The Labute approximate surface area is 203 Å². The first-order valence-corrected chi connectivity index (χ1v) is 11.2. The number of non-ortho nitro benzene ring substituents is 1. The number of nitrogens with zero attached hydrogens (tertiary/aromatic N) is 2. The third-order valence-electron chi connectivity index (χ3n) is 5.87. The second kappa shape index (κ2) is 9.53. The topological polar surface area (TPSA) is 66.6 Å². The first kappa shape index (κ1) is 21.9. The molecule has 0 heterocycles. The van der Waals surface area contributed by atoms with Crippen LogP contribution in [0.15, 0.2) is 121 Å². The molecule has 5 heteroatoms. The molecule has 0 radical (unpaired) electrons. The van der Waals surface area contributed by atoms with E-state index < -0.39 is 0 Å². The second-order valence-corrected chi connectivity index (χ2v) is 8.06. The van der Waals surface area contributed by atoms with E-state index in [1.54, 1.807) is 24.3 Å². The van der Waals surface area contributed by atoms with Gasteiger partial charge in [-0.25, -0.2) is 0 Å². The molecule has 5 nitrogen and oxygen atoms in total. The van der Waals surface area contributed by atoms with Crippen molar-refractivity contribution in [2.45, 2.75) is 0 Å². The van der Waals surface area contributed by atoms with Crippen LogP contribution in [0.1, 0.15) is 11.1 Å². The van der Waals surface area contributed by atoms with Crippen LogP contribution in [-0.4, -0.2) is 10.0 Å². The van der Waals surface area contributed by atoms with Crippen LogP contribution in [0.3, 0.4) is 0 Å². The summed E-state index contributed by atoms with van der Waals surface area (Å²) in [5.74, 6) is 0.0847. The van der Waals surface area contributed by atoms with Gasteiger partial charge in [0.2, 0.25) is 0 Å². The van der Waals surface area contributed by atoms with Crippen molar-refractivity contribution >= 4 is 45.4 Å². The molecule has 1 N–H and O–H groups in total. The van der Waals surface area contributed by atoms with Crippen LogP contribution in [0, 0.1) is 10.1 Å². The number of rotatable bonds is 6. The summed E-state index contributed by atoms with van der Waals surface area (Å²) in [5, 5.41) is 23.5.